The molecule has 194 valence electrons. The lowest BCUT2D eigenvalue weighted by Crippen LogP contribution is -2.63. The smallest absolute Gasteiger partial charge is 0.255 e. The largest absolute Gasteiger partial charge is 0.346 e. The highest BCUT2D eigenvalue weighted by Gasteiger charge is 2.58. The van der Waals surface area contributed by atoms with Crippen molar-refractivity contribution < 1.29 is 18.9 Å². The molecule has 1 fully saturated rings. The molecule has 0 aromatic rings. The molecule has 3 atom stereocenters. The van der Waals surface area contributed by atoms with E-state index in [0.717, 1.165) is 58.0 Å². The molecule has 3 unspecified atom stereocenters. The van der Waals surface area contributed by atoms with Gasteiger partial charge in [-0.2, -0.15) is 10.1 Å². The van der Waals surface area contributed by atoms with Gasteiger partial charge >= 0.3 is 0 Å². The van der Waals surface area contributed by atoms with Crippen LogP contribution in [0.4, 0.5) is 0 Å². The first kappa shape index (κ1) is 31.9. The Hall–Kier alpha value is -0.0900. The van der Waals surface area contributed by atoms with Gasteiger partial charge in [-0.05, 0) is 39.5 Å². The van der Waals surface area contributed by atoms with E-state index in [2.05, 4.69) is 44.5 Å². The second-order valence-electron chi connectivity index (χ2n) is 9.11. The maximum atomic E-state index is 11.0. The fourth-order valence-electron chi connectivity index (χ4n) is 4.26. The van der Waals surface area contributed by atoms with Crippen LogP contribution in [0.2, 0.25) is 0 Å². The summed E-state index contributed by atoms with van der Waals surface area (Å²) in [5.41, 5.74) is 5.42. The van der Waals surface area contributed by atoms with E-state index < -0.39 is 18.7 Å². The fourth-order valence-corrected chi connectivity index (χ4v) is 4.94. The molecule has 0 aromatic heterocycles. The lowest BCUT2D eigenvalue weighted by Gasteiger charge is -2.43. The molecule has 0 radical (unpaired) electrons. The number of methoxy groups -OCH3 is 2. The predicted octanol–water partition coefficient (Wildman–Crippen LogP) is 4.08. The van der Waals surface area contributed by atoms with Gasteiger partial charge in [-0.15, -0.1) is 0 Å². The second-order valence-corrected chi connectivity index (χ2v) is 11.7. The number of hydrogen-bond donors (Lipinski definition) is 3. The fraction of sp³-hybridized carbons (Fsp3) is 1.00. The Balaban J connectivity index is 0.000000809. The van der Waals surface area contributed by atoms with Gasteiger partial charge in [0.1, 0.15) is 11.4 Å². The molecule has 0 spiro atoms. The number of nitrogens with zero attached hydrogens (tertiary/aromatic N) is 3. The molecule has 0 amide bonds. The van der Waals surface area contributed by atoms with Crippen LogP contribution in [-0.4, -0.2) is 70.9 Å². The third-order valence-corrected chi connectivity index (χ3v) is 8.43. The monoisotopic (exact) mass is 481 g/mol. The lowest BCUT2D eigenvalue weighted by atomic mass is 10.0. The molecule has 1 aliphatic rings. The molecule has 0 aliphatic carbocycles. The van der Waals surface area contributed by atoms with Crippen molar-refractivity contribution in [2.24, 2.45) is 11.6 Å². The molecule has 1 rings (SSSR count). The lowest BCUT2D eigenvalue weighted by molar-refractivity contribution is -0.134. The van der Waals surface area contributed by atoms with E-state index >= 15 is 0 Å². The molecule has 0 saturated carbocycles. The third-order valence-electron chi connectivity index (χ3n) is 6.56. The van der Waals surface area contributed by atoms with E-state index in [0.29, 0.717) is 0 Å². The topological polar surface area (TPSA) is 118 Å². The Morgan fingerprint density at radius 1 is 0.969 bits per heavy atom. The van der Waals surface area contributed by atoms with Crippen molar-refractivity contribution in [3.8, 4) is 0 Å². The summed E-state index contributed by atoms with van der Waals surface area (Å²) in [6.45, 7) is 15.7. The molecule has 9 nitrogen and oxygen atoms in total. The molecule has 10 heteroatoms. The van der Waals surface area contributed by atoms with E-state index in [1.54, 1.807) is 0 Å². The summed E-state index contributed by atoms with van der Waals surface area (Å²) in [7, 11) is -0.674. The Kier molecular flexibility index (Phi) is 13.7. The number of hydrogen-bond acceptors (Lipinski definition) is 8. The van der Waals surface area contributed by atoms with Gasteiger partial charge in [0.2, 0.25) is 5.53 Å². The SMILES string of the molecule is CCCCN1N(N)C(C)(CCC)N(CCCC)C1(N)CCC.COC(C)(OC)P(C)(=O)O. The number of hydrazine groups is 2. The first-order chi connectivity index (χ1) is 14.8. The Labute approximate surface area is 197 Å². The van der Waals surface area contributed by atoms with Crippen LogP contribution >= 0.6 is 7.37 Å². The molecule has 0 bridgehead atoms. The Morgan fingerprint density at radius 2 is 1.44 bits per heavy atom. The quantitative estimate of drug-likeness (QED) is 0.203. The molecule has 32 heavy (non-hydrogen) atoms. The molecule has 1 heterocycles. The molecular weight excluding hydrogens is 429 g/mol. The van der Waals surface area contributed by atoms with Crippen LogP contribution < -0.4 is 11.6 Å². The molecular formula is C22H52N5O4P. The summed E-state index contributed by atoms with van der Waals surface area (Å²) in [5.74, 6) is 6.14. The van der Waals surface area contributed by atoms with Gasteiger partial charge < -0.3 is 14.4 Å². The van der Waals surface area contributed by atoms with Crippen LogP contribution in [0.1, 0.15) is 92.9 Å². The van der Waals surface area contributed by atoms with Crippen LogP contribution in [0.5, 0.6) is 0 Å². The minimum atomic E-state index is -3.33. The summed E-state index contributed by atoms with van der Waals surface area (Å²) < 4.78 is 20.4. The maximum absolute atomic E-state index is 11.0. The van der Waals surface area contributed by atoms with E-state index in [1.165, 1.54) is 34.2 Å². The van der Waals surface area contributed by atoms with Gasteiger partial charge in [0.05, 0.1) is 0 Å². The zero-order valence-corrected chi connectivity index (χ0v) is 23.1. The normalized spacial score (nSPS) is 27.2. The molecule has 1 aliphatic heterocycles. The predicted molar refractivity (Wildman–Crippen MR) is 133 cm³/mol. The molecule has 0 aromatic carbocycles. The second kappa shape index (κ2) is 13.7. The highest BCUT2D eigenvalue weighted by Crippen LogP contribution is 2.51. The van der Waals surface area contributed by atoms with Gasteiger partial charge in [0, 0.05) is 34.0 Å². The average Bonchev–Trinajstić information content (AvgIpc) is 2.87. The van der Waals surface area contributed by atoms with E-state index in [-0.39, 0.29) is 5.66 Å². The van der Waals surface area contributed by atoms with Gasteiger partial charge in [0.25, 0.3) is 7.37 Å². The van der Waals surface area contributed by atoms with Gasteiger partial charge in [-0.1, -0.05) is 53.4 Å². The van der Waals surface area contributed by atoms with Crippen molar-refractivity contribution in [1.29, 1.82) is 0 Å². The van der Waals surface area contributed by atoms with Crippen molar-refractivity contribution in [2.75, 3.05) is 34.0 Å². The minimum Gasteiger partial charge on any atom is -0.346 e. The zero-order chi connectivity index (χ0) is 25.2. The first-order valence-electron chi connectivity index (χ1n) is 12.1. The van der Waals surface area contributed by atoms with Crippen LogP contribution in [0.25, 0.3) is 0 Å². The van der Waals surface area contributed by atoms with Crippen molar-refractivity contribution in [3.63, 3.8) is 0 Å². The minimum absolute atomic E-state index is 0.179. The van der Waals surface area contributed by atoms with E-state index in [1.807, 2.05) is 5.12 Å². The summed E-state index contributed by atoms with van der Waals surface area (Å²) in [6.07, 6.45) is 8.80. The van der Waals surface area contributed by atoms with Crippen molar-refractivity contribution in [2.45, 2.75) is 110 Å². The van der Waals surface area contributed by atoms with Crippen LogP contribution in [-0.2, 0) is 14.0 Å². The molecule has 5 N–H and O–H groups in total. The van der Waals surface area contributed by atoms with Crippen molar-refractivity contribution in [1.82, 2.24) is 15.0 Å². The van der Waals surface area contributed by atoms with Crippen LogP contribution in [0, 0.1) is 0 Å². The highest BCUT2D eigenvalue weighted by atomic mass is 31.2. The van der Waals surface area contributed by atoms with Gasteiger partial charge in [-0.3, -0.25) is 21.0 Å². The van der Waals surface area contributed by atoms with E-state index in [4.69, 9.17) is 25.9 Å². The van der Waals surface area contributed by atoms with Gasteiger partial charge in [-0.25, -0.2) is 0 Å². The third kappa shape index (κ3) is 7.20. The van der Waals surface area contributed by atoms with Crippen LogP contribution in [0.15, 0.2) is 0 Å². The summed E-state index contributed by atoms with van der Waals surface area (Å²) in [4.78, 5) is 11.5. The first-order valence-corrected chi connectivity index (χ1v) is 14.2. The van der Waals surface area contributed by atoms with Crippen molar-refractivity contribution in [3.05, 3.63) is 0 Å². The summed E-state index contributed by atoms with van der Waals surface area (Å²) in [6, 6.07) is 0. The number of unbranched alkanes of at least 4 members (excludes halogenated alkanes) is 2. The summed E-state index contributed by atoms with van der Waals surface area (Å²) in [5, 5.41) is 4.20. The average molecular weight is 482 g/mol. The Morgan fingerprint density at radius 3 is 1.78 bits per heavy atom. The number of rotatable bonds is 13. The maximum Gasteiger partial charge on any atom is 0.255 e. The number of nitrogens with two attached hydrogens (primary N) is 2. The van der Waals surface area contributed by atoms with E-state index in [9.17, 15) is 4.57 Å². The Bertz CT molecular complexity index is 575. The van der Waals surface area contributed by atoms with Gasteiger partial charge in [0.15, 0.2) is 0 Å². The van der Waals surface area contributed by atoms with Crippen molar-refractivity contribution >= 4 is 7.37 Å². The number of ether oxygens (including phenoxy) is 2. The zero-order valence-electron chi connectivity index (χ0n) is 22.2. The van der Waals surface area contributed by atoms with Crippen LogP contribution in [0.3, 0.4) is 0 Å². The summed E-state index contributed by atoms with van der Waals surface area (Å²) >= 11 is 0. The highest BCUT2D eigenvalue weighted by molar-refractivity contribution is 7.58. The standard InChI is InChI=1S/C17H39N5.C5H13O4P/c1-6-10-14-20-16(5,12-8-3)22(19)21(15-11-7-2)17(20,18)13-9-4;1-5(8-2,9-3)10(4,6)7/h6-15,18-19H2,1-5H3;1-4H3,(H,6,7). The molecule has 1 saturated heterocycles.